The van der Waals surface area contributed by atoms with Gasteiger partial charge in [0.05, 0.1) is 19.5 Å². The van der Waals surface area contributed by atoms with Gasteiger partial charge in [0, 0.05) is 41.7 Å². The van der Waals surface area contributed by atoms with E-state index in [4.69, 9.17) is 9.47 Å². The number of H-pyrrole nitrogens is 1. The largest absolute Gasteiger partial charge is 0.490 e. The van der Waals surface area contributed by atoms with Crippen molar-refractivity contribution in [3.05, 3.63) is 66.0 Å². The molecule has 25 heavy (non-hydrogen) atoms. The van der Waals surface area contributed by atoms with Crippen LogP contribution in [0.1, 0.15) is 35.7 Å². The lowest BCUT2D eigenvalue weighted by Gasteiger charge is -2.19. The van der Waals surface area contributed by atoms with Crippen LogP contribution in [0.2, 0.25) is 0 Å². The fraction of sp³-hybridized carbons (Fsp3) is 0.316. The number of imidazole rings is 1. The molecule has 6 heteroatoms. The molecule has 0 saturated heterocycles. The molecule has 0 radical (unpaired) electrons. The lowest BCUT2D eigenvalue weighted by atomic mass is 9.90. The molecule has 0 aliphatic heterocycles. The molecular weight excluding hydrogens is 316 g/mol. The minimum Gasteiger partial charge on any atom is -0.490 e. The van der Waals surface area contributed by atoms with E-state index in [2.05, 4.69) is 26.0 Å². The van der Waals surface area contributed by atoms with Crippen molar-refractivity contribution >= 4 is 0 Å². The van der Waals surface area contributed by atoms with Crippen molar-refractivity contribution in [1.29, 1.82) is 0 Å². The molecule has 0 spiro atoms. The lowest BCUT2D eigenvalue weighted by Crippen LogP contribution is -2.10. The van der Waals surface area contributed by atoms with E-state index in [-0.39, 0.29) is 5.92 Å². The summed E-state index contributed by atoms with van der Waals surface area (Å²) in [5, 5.41) is 0. The maximum atomic E-state index is 6.13. The predicted molar refractivity (Wildman–Crippen MR) is 92.8 cm³/mol. The van der Waals surface area contributed by atoms with Gasteiger partial charge in [0.2, 0.25) is 0 Å². The van der Waals surface area contributed by atoms with Crippen LogP contribution in [0.25, 0.3) is 0 Å². The molecule has 1 aliphatic rings. The quantitative estimate of drug-likeness (QED) is 0.717. The van der Waals surface area contributed by atoms with Gasteiger partial charge in [-0.15, -0.1) is 0 Å². The summed E-state index contributed by atoms with van der Waals surface area (Å²) in [6.07, 6.45) is 8.59. The van der Waals surface area contributed by atoms with Crippen molar-refractivity contribution in [3.8, 4) is 11.8 Å². The first-order chi connectivity index (χ1) is 12.3. The topological polar surface area (TPSA) is 72.9 Å². The first-order valence-electron chi connectivity index (χ1n) is 8.43. The number of rotatable bonds is 7. The van der Waals surface area contributed by atoms with Gasteiger partial charge in [-0.1, -0.05) is 18.2 Å². The standard InChI is InChI=1S/C19H20N4O2/c1-24-19-21-9-8-13(23-19)10-16(17-11-20-12-22-17)15-4-2-3-5-18(15)25-14-6-7-14/h2-5,8-9,11-12,14,16H,6-7,10H2,1H3,(H,20,22). The molecule has 1 unspecified atom stereocenters. The van der Waals surface area contributed by atoms with E-state index < -0.39 is 0 Å². The summed E-state index contributed by atoms with van der Waals surface area (Å²) in [5.74, 6) is 1.00. The molecule has 6 nitrogen and oxygen atoms in total. The second kappa shape index (κ2) is 6.93. The molecule has 1 aromatic carbocycles. The second-order valence-electron chi connectivity index (χ2n) is 6.15. The first-order valence-corrected chi connectivity index (χ1v) is 8.43. The van der Waals surface area contributed by atoms with Gasteiger partial charge in [0.15, 0.2) is 0 Å². The summed E-state index contributed by atoms with van der Waals surface area (Å²) >= 11 is 0. The Bertz CT molecular complexity index is 831. The SMILES string of the molecule is COc1nccc(CC(c2cnc[nH]2)c2ccccc2OC2CC2)n1. The Labute approximate surface area is 146 Å². The number of benzene rings is 1. The highest BCUT2D eigenvalue weighted by Crippen LogP contribution is 2.36. The molecule has 128 valence electrons. The molecule has 4 rings (SSSR count). The first kappa shape index (κ1) is 15.6. The third-order valence-corrected chi connectivity index (χ3v) is 4.29. The summed E-state index contributed by atoms with van der Waals surface area (Å²) in [6, 6.07) is 10.5. The van der Waals surface area contributed by atoms with Crippen LogP contribution >= 0.6 is 0 Å². The maximum Gasteiger partial charge on any atom is 0.316 e. The average Bonchev–Trinajstić information content (AvgIpc) is 3.30. The average molecular weight is 336 g/mol. The van der Waals surface area contributed by atoms with Gasteiger partial charge in [-0.2, -0.15) is 0 Å². The van der Waals surface area contributed by atoms with Crippen molar-refractivity contribution < 1.29 is 9.47 Å². The highest BCUT2D eigenvalue weighted by molar-refractivity contribution is 5.41. The van der Waals surface area contributed by atoms with Crippen LogP contribution in [0.4, 0.5) is 0 Å². The van der Waals surface area contributed by atoms with Crippen LogP contribution < -0.4 is 9.47 Å². The highest BCUT2D eigenvalue weighted by Gasteiger charge is 2.27. The molecule has 2 heterocycles. The van der Waals surface area contributed by atoms with E-state index in [1.54, 1.807) is 19.6 Å². The van der Waals surface area contributed by atoms with Crippen molar-refractivity contribution in [2.24, 2.45) is 0 Å². The molecule has 3 aromatic rings. The number of methoxy groups -OCH3 is 1. The Morgan fingerprint density at radius 2 is 2.12 bits per heavy atom. The normalized spacial score (nSPS) is 14.9. The number of aromatic amines is 1. The summed E-state index contributed by atoms with van der Waals surface area (Å²) in [6.45, 7) is 0. The number of nitrogens with one attached hydrogen (secondary N) is 1. The van der Waals surface area contributed by atoms with E-state index in [0.29, 0.717) is 18.5 Å². The summed E-state index contributed by atoms with van der Waals surface area (Å²) in [7, 11) is 1.57. The minimum absolute atomic E-state index is 0.0667. The Hall–Kier alpha value is -2.89. The van der Waals surface area contributed by atoms with Gasteiger partial charge >= 0.3 is 6.01 Å². The Morgan fingerprint density at radius 3 is 2.88 bits per heavy atom. The summed E-state index contributed by atoms with van der Waals surface area (Å²) in [4.78, 5) is 16.0. The Balaban J connectivity index is 1.69. The molecule has 1 fully saturated rings. The van der Waals surface area contributed by atoms with Crippen LogP contribution in [0.15, 0.2) is 49.1 Å². The summed E-state index contributed by atoms with van der Waals surface area (Å²) < 4.78 is 11.3. The molecule has 1 atom stereocenters. The molecule has 1 saturated carbocycles. The monoisotopic (exact) mass is 336 g/mol. The number of hydrogen-bond acceptors (Lipinski definition) is 5. The van der Waals surface area contributed by atoms with Crippen molar-refractivity contribution in [3.63, 3.8) is 0 Å². The fourth-order valence-corrected chi connectivity index (χ4v) is 2.88. The zero-order chi connectivity index (χ0) is 17.1. The van der Waals surface area contributed by atoms with E-state index in [1.807, 2.05) is 30.5 Å². The second-order valence-corrected chi connectivity index (χ2v) is 6.15. The predicted octanol–water partition coefficient (Wildman–Crippen LogP) is 3.12. The molecule has 1 N–H and O–H groups in total. The lowest BCUT2D eigenvalue weighted by molar-refractivity contribution is 0.298. The van der Waals surface area contributed by atoms with Crippen LogP contribution in [-0.2, 0) is 6.42 Å². The van der Waals surface area contributed by atoms with Crippen molar-refractivity contribution in [1.82, 2.24) is 19.9 Å². The van der Waals surface area contributed by atoms with E-state index in [1.165, 1.54) is 0 Å². The zero-order valence-electron chi connectivity index (χ0n) is 14.1. The van der Waals surface area contributed by atoms with Gasteiger partial charge in [0.1, 0.15) is 5.75 Å². The van der Waals surface area contributed by atoms with Gasteiger partial charge in [-0.25, -0.2) is 15.0 Å². The van der Waals surface area contributed by atoms with E-state index in [9.17, 15) is 0 Å². The third kappa shape index (κ3) is 3.63. The van der Waals surface area contributed by atoms with Gasteiger partial charge in [0.25, 0.3) is 0 Å². The molecule has 0 amide bonds. The molecular formula is C19H20N4O2. The van der Waals surface area contributed by atoms with Gasteiger partial charge < -0.3 is 14.5 Å². The third-order valence-electron chi connectivity index (χ3n) is 4.29. The van der Waals surface area contributed by atoms with Crippen LogP contribution in [0, 0.1) is 0 Å². The van der Waals surface area contributed by atoms with Crippen LogP contribution in [-0.4, -0.2) is 33.1 Å². The van der Waals surface area contributed by atoms with Gasteiger partial charge in [-0.05, 0) is 25.0 Å². The number of aromatic nitrogens is 4. The molecule has 0 bridgehead atoms. The number of ether oxygens (including phenoxy) is 2. The smallest absolute Gasteiger partial charge is 0.316 e. The Kier molecular flexibility index (Phi) is 4.33. The molecule has 1 aliphatic carbocycles. The Morgan fingerprint density at radius 1 is 1.24 bits per heavy atom. The number of nitrogens with zero attached hydrogens (tertiary/aromatic N) is 3. The number of para-hydroxylation sites is 1. The van der Waals surface area contributed by atoms with E-state index >= 15 is 0 Å². The van der Waals surface area contributed by atoms with Gasteiger partial charge in [-0.3, -0.25) is 0 Å². The van der Waals surface area contributed by atoms with Crippen LogP contribution in [0.5, 0.6) is 11.8 Å². The highest BCUT2D eigenvalue weighted by atomic mass is 16.5. The zero-order valence-corrected chi connectivity index (χ0v) is 14.1. The summed E-state index contributed by atoms with van der Waals surface area (Å²) in [5.41, 5.74) is 3.08. The fourth-order valence-electron chi connectivity index (χ4n) is 2.88. The molecule has 2 aromatic heterocycles. The maximum absolute atomic E-state index is 6.13. The minimum atomic E-state index is 0.0667. The van der Waals surface area contributed by atoms with Crippen molar-refractivity contribution in [2.45, 2.75) is 31.3 Å². The number of hydrogen-bond donors (Lipinski definition) is 1. The van der Waals surface area contributed by atoms with Crippen molar-refractivity contribution in [2.75, 3.05) is 7.11 Å². The van der Waals surface area contributed by atoms with E-state index in [0.717, 1.165) is 35.5 Å². The van der Waals surface area contributed by atoms with Crippen LogP contribution in [0.3, 0.4) is 0 Å².